The summed E-state index contributed by atoms with van der Waals surface area (Å²) >= 11 is 5.99. The Hall–Kier alpha value is -0.930. The fraction of sp³-hybridized carbons (Fsp3) is 0.600. The van der Waals surface area contributed by atoms with Crippen molar-refractivity contribution < 1.29 is 9.84 Å². The summed E-state index contributed by atoms with van der Waals surface area (Å²) in [5, 5.41) is 14.5. The number of hydrogen-bond acceptors (Lipinski definition) is 3. The highest BCUT2D eigenvalue weighted by Gasteiger charge is 2.27. The van der Waals surface area contributed by atoms with Crippen molar-refractivity contribution in [1.82, 2.24) is 0 Å². The van der Waals surface area contributed by atoms with E-state index in [1.165, 1.54) is 12.8 Å². The molecule has 1 aromatic carbocycles. The van der Waals surface area contributed by atoms with Gasteiger partial charge in [0, 0.05) is 18.3 Å². The molecule has 0 radical (unpaired) electrons. The molecule has 0 bridgehead atoms. The van der Waals surface area contributed by atoms with Gasteiger partial charge in [0.2, 0.25) is 0 Å². The Bertz CT molecular complexity index is 415. The summed E-state index contributed by atoms with van der Waals surface area (Å²) in [5.41, 5.74) is 0.350. The Balaban J connectivity index is 1.97. The molecule has 0 spiro atoms. The molecule has 1 saturated carbocycles. The van der Waals surface area contributed by atoms with Crippen molar-refractivity contribution in [3.63, 3.8) is 0 Å². The van der Waals surface area contributed by atoms with Crippen molar-refractivity contribution in [2.24, 2.45) is 0 Å². The van der Waals surface area contributed by atoms with Crippen molar-refractivity contribution in [3.8, 4) is 5.75 Å². The number of ether oxygens (including phenoxy) is 1. The van der Waals surface area contributed by atoms with Gasteiger partial charge in [-0.05, 0) is 25.0 Å². The van der Waals surface area contributed by atoms with E-state index in [9.17, 15) is 5.11 Å². The highest BCUT2D eigenvalue weighted by molar-refractivity contribution is 6.32. The third-order valence-electron chi connectivity index (χ3n) is 3.81. The van der Waals surface area contributed by atoms with Crippen LogP contribution in [0.2, 0.25) is 5.02 Å². The van der Waals surface area contributed by atoms with Crippen LogP contribution in [0.1, 0.15) is 38.5 Å². The second-order valence-corrected chi connectivity index (χ2v) is 5.75. The molecule has 106 valence electrons. The normalized spacial score (nSPS) is 18.7. The maximum atomic E-state index is 10.6. The Morgan fingerprint density at radius 1 is 1.26 bits per heavy atom. The van der Waals surface area contributed by atoms with Crippen molar-refractivity contribution >= 4 is 17.3 Å². The summed E-state index contributed by atoms with van der Waals surface area (Å²) in [6, 6.07) is 5.58. The molecule has 0 unspecified atom stereocenters. The number of nitrogens with one attached hydrogen (secondary N) is 1. The number of halogens is 1. The van der Waals surface area contributed by atoms with E-state index in [4.69, 9.17) is 16.3 Å². The lowest BCUT2D eigenvalue weighted by atomic mass is 9.94. The zero-order valence-electron chi connectivity index (χ0n) is 11.4. The second kappa shape index (κ2) is 6.49. The third-order valence-corrected chi connectivity index (χ3v) is 4.12. The molecule has 2 rings (SSSR count). The van der Waals surface area contributed by atoms with Crippen molar-refractivity contribution in [1.29, 1.82) is 0 Å². The predicted molar refractivity (Wildman–Crippen MR) is 79.1 cm³/mol. The number of methoxy groups -OCH3 is 1. The third kappa shape index (κ3) is 4.02. The molecule has 0 aromatic heterocycles. The van der Waals surface area contributed by atoms with Gasteiger partial charge in [-0.1, -0.05) is 37.3 Å². The molecule has 0 aliphatic heterocycles. The number of hydrogen-bond donors (Lipinski definition) is 2. The molecular weight excluding hydrogens is 262 g/mol. The zero-order chi connectivity index (χ0) is 13.7. The van der Waals surface area contributed by atoms with E-state index in [1.807, 2.05) is 12.1 Å². The Morgan fingerprint density at radius 2 is 1.95 bits per heavy atom. The van der Waals surface area contributed by atoms with Crippen molar-refractivity contribution in [3.05, 3.63) is 23.2 Å². The molecule has 2 N–H and O–H groups in total. The van der Waals surface area contributed by atoms with Crippen LogP contribution in [0.3, 0.4) is 0 Å². The fourth-order valence-corrected chi connectivity index (χ4v) is 2.79. The van der Waals surface area contributed by atoms with Gasteiger partial charge in [0.15, 0.2) is 0 Å². The van der Waals surface area contributed by atoms with Gasteiger partial charge in [-0.15, -0.1) is 0 Å². The van der Waals surface area contributed by atoms with Crippen LogP contribution in [0.25, 0.3) is 0 Å². The summed E-state index contributed by atoms with van der Waals surface area (Å²) in [5.74, 6) is 0.652. The second-order valence-electron chi connectivity index (χ2n) is 5.34. The smallest absolute Gasteiger partial charge is 0.139 e. The Morgan fingerprint density at radius 3 is 2.58 bits per heavy atom. The SMILES string of the molecule is COc1cc(NCC2(O)CCCCCC2)ccc1Cl. The van der Waals surface area contributed by atoms with Gasteiger partial charge in [-0.25, -0.2) is 0 Å². The molecule has 1 aliphatic carbocycles. The van der Waals surface area contributed by atoms with E-state index >= 15 is 0 Å². The average molecular weight is 284 g/mol. The minimum atomic E-state index is -0.580. The molecular formula is C15H22ClNO2. The maximum absolute atomic E-state index is 10.6. The minimum absolute atomic E-state index is 0.580. The minimum Gasteiger partial charge on any atom is -0.495 e. The number of benzene rings is 1. The van der Waals surface area contributed by atoms with Gasteiger partial charge < -0.3 is 15.2 Å². The largest absolute Gasteiger partial charge is 0.495 e. The predicted octanol–water partition coefficient (Wildman–Crippen LogP) is 3.85. The van der Waals surface area contributed by atoms with Gasteiger partial charge >= 0.3 is 0 Å². The molecule has 3 nitrogen and oxygen atoms in total. The molecule has 4 heteroatoms. The molecule has 0 atom stereocenters. The van der Waals surface area contributed by atoms with E-state index < -0.39 is 5.60 Å². The lowest BCUT2D eigenvalue weighted by molar-refractivity contribution is 0.0381. The van der Waals surface area contributed by atoms with Crippen molar-refractivity contribution in [2.45, 2.75) is 44.1 Å². The van der Waals surface area contributed by atoms with E-state index in [0.717, 1.165) is 31.4 Å². The van der Waals surface area contributed by atoms with Gasteiger partial charge in [0.25, 0.3) is 0 Å². The first-order chi connectivity index (χ1) is 9.13. The first kappa shape index (κ1) is 14.5. The van der Waals surface area contributed by atoms with E-state index in [0.29, 0.717) is 17.3 Å². The summed E-state index contributed by atoms with van der Waals surface area (Å²) < 4.78 is 5.19. The molecule has 1 aromatic rings. The standard InChI is InChI=1S/C15H22ClNO2/c1-19-14-10-12(6-7-13(14)16)17-11-15(18)8-4-2-3-5-9-15/h6-7,10,17-18H,2-5,8-9,11H2,1H3. The summed E-state index contributed by atoms with van der Waals surface area (Å²) in [7, 11) is 1.60. The van der Waals surface area contributed by atoms with Crippen molar-refractivity contribution in [2.75, 3.05) is 19.0 Å². The van der Waals surface area contributed by atoms with Crippen LogP contribution < -0.4 is 10.1 Å². The lowest BCUT2D eigenvalue weighted by Gasteiger charge is -2.27. The van der Waals surface area contributed by atoms with Crippen LogP contribution in [0.5, 0.6) is 5.75 Å². The maximum Gasteiger partial charge on any atom is 0.139 e. The van der Waals surface area contributed by atoms with Crippen LogP contribution in [-0.4, -0.2) is 24.4 Å². The fourth-order valence-electron chi connectivity index (χ4n) is 2.60. The van der Waals surface area contributed by atoms with Crippen LogP contribution >= 0.6 is 11.6 Å². The summed E-state index contributed by atoms with van der Waals surface area (Å²) in [4.78, 5) is 0. The van der Waals surface area contributed by atoms with E-state index in [-0.39, 0.29) is 0 Å². The number of rotatable bonds is 4. The monoisotopic (exact) mass is 283 g/mol. The van der Waals surface area contributed by atoms with Crippen LogP contribution in [0.4, 0.5) is 5.69 Å². The summed E-state index contributed by atoms with van der Waals surface area (Å²) in [6.45, 7) is 0.581. The molecule has 1 fully saturated rings. The first-order valence-corrected chi connectivity index (χ1v) is 7.31. The molecule has 1 aliphatic rings. The number of anilines is 1. The van der Waals surface area contributed by atoms with Gasteiger partial charge in [0.1, 0.15) is 5.75 Å². The van der Waals surface area contributed by atoms with Crippen LogP contribution in [-0.2, 0) is 0 Å². The summed E-state index contributed by atoms with van der Waals surface area (Å²) in [6.07, 6.45) is 6.45. The lowest BCUT2D eigenvalue weighted by Crippen LogP contribution is -2.36. The average Bonchev–Trinajstić information content (AvgIpc) is 2.63. The van der Waals surface area contributed by atoms with E-state index in [2.05, 4.69) is 5.32 Å². The van der Waals surface area contributed by atoms with Gasteiger partial charge in [-0.3, -0.25) is 0 Å². The van der Waals surface area contributed by atoms with Gasteiger partial charge in [-0.2, -0.15) is 0 Å². The quantitative estimate of drug-likeness (QED) is 0.825. The Kier molecular flexibility index (Phi) is 4.94. The molecule has 0 heterocycles. The number of aliphatic hydroxyl groups is 1. The highest BCUT2D eigenvalue weighted by Crippen LogP contribution is 2.30. The molecule has 19 heavy (non-hydrogen) atoms. The molecule has 0 saturated heterocycles. The van der Waals surface area contributed by atoms with Crippen LogP contribution in [0, 0.1) is 0 Å². The highest BCUT2D eigenvalue weighted by atomic mass is 35.5. The Labute approximate surface area is 119 Å². The zero-order valence-corrected chi connectivity index (χ0v) is 12.2. The first-order valence-electron chi connectivity index (χ1n) is 6.93. The van der Waals surface area contributed by atoms with Gasteiger partial charge in [0.05, 0.1) is 17.7 Å². The van der Waals surface area contributed by atoms with E-state index in [1.54, 1.807) is 13.2 Å². The topological polar surface area (TPSA) is 41.5 Å². The molecule has 0 amide bonds. The van der Waals surface area contributed by atoms with Crippen LogP contribution in [0.15, 0.2) is 18.2 Å².